The van der Waals surface area contributed by atoms with Gasteiger partial charge in [0.05, 0.1) is 5.69 Å². The lowest BCUT2D eigenvalue weighted by molar-refractivity contribution is -0.121. The number of carbonyl (C=O) groups excluding carboxylic acids is 1. The number of aromatic nitrogens is 4. The van der Waals surface area contributed by atoms with Crippen LogP contribution in [0, 0.1) is 19.8 Å². The van der Waals surface area contributed by atoms with Gasteiger partial charge < -0.3 is 5.32 Å². The van der Waals surface area contributed by atoms with Gasteiger partial charge in [-0.1, -0.05) is 31.4 Å². The van der Waals surface area contributed by atoms with Gasteiger partial charge in [0.15, 0.2) is 0 Å². The molecule has 1 amide bonds. The Balaban J connectivity index is 1.52. The van der Waals surface area contributed by atoms with Gasteiger partial charge in [-0.05, 0) is 56.4 Å². The highest BCUT2D eigenvalue weighted by atomic mass is 16.2. The zero-order chi connectivity index (χ0) is 19.5. The molecule has 1 atom stereocenters. The monoisotopic (exact) mass is 377 g/mol. The van der Waals surface area contributed by atoms with E-state index in [1.54, 1.807) is 6.20 Å². The van der Waals surface area contributed by atoms with Gasteiger partial charge in [-0.3, -0.25) is 14.6 Å². The van der Waals surface area contributed by atoms with Crippen molar-refractivity contribution in [2.24, 2.45) is 5.92 Å². The molecular formula is C22H27N5O. The lowest BCUT2D eigenvalue weighted by Gasteiger charge is -2.29. The molecule has 1 saturated carbocycles. The molecule has 0 unspecified atom stereocenters. The fourth-order valence-electron chi connectivity index (χ4n) is 4.36. The topological polar surface area (TPSA) is 75.6 Å². The van der Waals surface area contributed by atoms with Crippen LogP contribution in [0.25, 0.3) is 11.1 Å². The number of aryl methyl sites for hydroxylation is 2. The Morgan fingerprint density at radius 3 is 2.54 bits per heavy atom. The fraction of sp³-hybridized carbons (Fsp3) is 0.409. The largest absolute Gasteiger partial charge is 0.324 e. The Kier molecular flexibility index (Phi) is 5.28. The first kappa shape index (κ1) is 18.5. The number of rotatable bonds is 5. The fourth-order valence-corrected chi connectivity index (χ4v) is 4.36. The molecule has 3 aromatic rings. The van der Waals surface area contributed by atoms with Crippen molar-refractivity contribution in [1.82, 2.24) is 20.0 Å². The van der Waals surface area contributed by atoms with E-state index in [9.17, 15) is 4.79 Å². The number of hydrogen-bond acceptors (Lipinski definition) is 3. The molecule has 0 aliphatic heterocycles. The van der Waals surface area contributed by atoms with Crippen LogP contribution in [-0.4, -0.2) is 25.9 Å². The zero-order valence-corrected chi connectivity index (χ0v) is 16.5. The maximum absolute atomic E-state index is 13.1. The maximum Gasteiger partial charge on any atom is 0.249 e. The summed E-state index contributed by atoms with van der Waals surface area (Å²) in [5, 5.41) is 14.8. The SMILES string of the molecule is Cc1n[nH]c(C)c1-c1ccc(NC(=O)[C@H](C2CCCCC2)n2cccn2)cc1. The molecule has 2 aromatic heterocycles. The summed E-state index contributed by atoms with van der Waals surface area (Å²) in [7, 11) is 0. The van der Waals surface area contributed by atoms with E-state index in [0.29, 0.717) is 5.92 Å². The molecule has 1 aliphatic rings. The van der Waals surface area contributed by atoms with Crippen LogP contribution in [0.1, 0.15) is 49.5 Å². The van der Waals surface area contributed by atoms with Gasteiger partial charge >= 0.3 is 0 Å². The molecule has 0 saturated heterocycles. The van der Waals surface area contributed by atoms with Crippen molar-refractivity contribution in [3.63, 3.8) is 0 Å². The standard InChI is InChI=1S/C22H27N5O/c1-15-20(16(2)26-25-15)17-9-11-19(12-10-17)24-22(28)21(27-14-6-13-23-27)18-7-4-3-5-8-18/h6,9-14,18,21H,3-5,7-8H2,1-2H3,(H,24,28)(H,25,26)/t21-/m0/s1. The molecule has 0 bridgehead atoms. The molecule has 28 heavy (non-hydrogen) atoms. The van der Waals surface area contributed by atoms with Gasteiger partial charge in [0, 0.05) is 29.3 Å². The molecule has 2 heterocycles. The van der Waals surface area contributed by atoms with Crippen LogP contribution in [0.4, 0.5) is 5.69 Å². The molecule has 1 fully saturated rings. The number of carbonyl (C=O) groups is 1. The second-order valence-corrected chi connectivity index (χ2v) is 7.70. The third-order valence-electron chi connectivity index (χ3n) is 5.74. The molecule has 1 aliphatic carbocycles. The molecule has 6 heteroatoms. The number of aromatic amines is 1. The number of hydrogen-bond donors (Lipinski definition) is 2. The van der Waals surface area contributed by atoms with E-state index >= 15 is 0 Å². The highest BCUT2D eigenvalue weighted by Gasteiger charge is 2.31. The normalized spacial score (nSPS) is 16.1. The number of H-pyrrole nitrogens is 1. The van der Waals surface area contributed by atoms with Crippen LogP contribution in [0.3, 0.4) is 0 Å². The Morgan fingerprint density at radius 2 is 1.93 bits per heavy atom. The van der Waals surface area contributed by atoms with Gasteiger partial charge in [0.1, 0.15) is 6.04 Å². The molecule has 0 radical (unpaired) electrons. The van der Waals surface area contributed by atoms with Crippen molar-refractivity contribution >= 4 is 11.6 Å². The summed E-state index contributed by atoms with van der Waals surface area (Å²) in [6.07, 6.45) is 9.44. The maximum atomic E-state index is 13.1. The summed E-state index contributed by atoms with van der Waals surface area (Å²) >= 11 is 0. The van der Waals surface area contributed by atoms with E-state index in [1.165, 1.54) is 19.3 Å². The molecule has 4 rings (SSSR count). The number of benzene rings is 1. The number of anilines is 1. The van der Waals surface area contributed by atoms with Crippen LogP contribution < -0.4 is 5.32 Å². The average Bonchev–Trinajstić information content (AvgIpc) is 3.34. The minimum atomic E-state index is -0.256. The Bertz CT molecular complexity index is 901. The van der Waals surface area contributed by atoms with Gasteiger partial charge in [-0.25, -0.2) is 0 Å². The summed E-state index contributed by atoms with van der Waals surface area (Å²) in [6.45, 7) is 4.01. The Morgan fingerprint density at radius 1 is 1.18 bits per heavy atom. The predicted molar refractivity (Wildman–Crippen MR) is 110 cm³/mol. The predicted octanol–water partition coefficient (Wildman–Crippen LogP) is 4.65. The van der Waals surface area contributed by atoms with Crippen molar-refractivity contribution in [1.29, 1.82) is 0 Å². The summed E-state index contributed by atoms with van der Waals surface area (Å²) in [6, 6.07) is 9.61. The second-order valence-electron chi connectivity index (χ2n) is 7.70. The number of nitrogens with one attached hydrogen (secondary N) is 2. The lowest BCUT2D eigenvalue weighted by atomic mass is 9.83. The molecule has 0 spiro atoms. The van der Waals surface area contributed by atoms with Crippen molar-refractivity contribution in [3.05, 3.63) is 54.1 Å². The van der Waals surface area contributed by atoms with E-state index < -0.39 is 0 Å². The number of amides is 1. The summed E-state index contributed by atoms with van der Waals surface area (Å²) in [5.41, 5.74) is 5.04. The zero-order valence-electron chi connectivity index (χ0n) is 16.5. The van der Waals surface area contributed by atoms with Crippen LogP contribution in [0.15, 0.2) is 42.7 Å². The first-order valence-corrected chi connectivity index (χ1v) is 10.1. The van der Waals surface area contributed by atoms with Gasteiger partial charge in [-0.15, -0.1) is 0 Å². The van der Waals surface area contributed by atoms with E-state index in [0.717, 1.165) is 41.0 Å². The third kappa shape index (κ3) is 3.72. The van der Waals surface area contributed by atoms with Crippen molar-refractivity contribution in [3.8, 4) is 11.1 Å². The molecule has 6 nitrogen and oxygen atoms in total. The third-order valence-corrected chi connectivity index (χ3v) is 5.74. The van der Waals surface area contributed by atoms with E-state index in [4.69, 9.17) is 0 Å². The van der Waals surface area contributed by atoms with E-state index in [1.807, 2.05) is 55.1 Å². The minimum absolute atomic E-state index is 0.0130. The van der Waals surface area contributed by atoms with Crippen LogP contribution in [-0.2, 0) is 4.79 Å². The quantitative estimate of drug-likeness (QED) is 0.679. The molecule has 2 N–H and O–H groups in total. The smallest absolute Gasteiger partial charge is 0.249 e. The summed E-state index contributed by atoms with van der Waals surface area (Å²) in [4.78, 5) is 13.1. The van der Waals surface area contributed by atoms with Crippen molar-refractivity contribution in [2.45, 2.75) is 52.0 Å². The van der Waals surface area contributed by atoms with Crippen molar-refractivity contribution < 1.29 is 4.79 Å². The van der Waals surface area contributed by atoms with Crippen molar-refractivity contribution in [2.75, 3.05) is 5.32 Å². The molecule has 146 valence electrons. The van der Waals surface area contributed by atoms with Gasteiger partial charge in [0.2, 0.25) is 5.91 Å². The van der Waals surface area contributed by atoms with Crippen LogP contribution in [0.2, 0.25) is 0 Å². The van der Waals surface area contributed by atoms with Gasteiger partial charge in [0.25, 0.3) is 0 Å². The summed E-state index contributed by atoms with van der Waals surface area (Å²) < 4.78 is 1.82. The van der Waals surface area contributed by atoms with Crippen LogP contribution in [0.5, 0.6) is 0 Å². The van der Waals surface area contributed by atoms with E-state index in [-0.39, 0.29) is 11.9 Å². The first-order chi connectivity index (χ1) is 13.6. The second kappa shape index (κ2) is 8.00. The van der Waals surface area contributed by atoms with Crippen LogP contribution >= 0.6 is 0 Å². The van der Waals surface area contributed by atoms with Gasteiger partial charge in [-0.2, -0.15) is 10.2 Å². The Labute approximate surface area is 165 Å². The minimum Gasteiger partial charge on any atom is -0.324 e. The summed E-state index contributed by atoms with van der Waals surface area (Å²) in [5.74, 6) is 0.350. The molecule has 1 aromatic carbocycles. The first-order valence-electron chi connectivity index (χ1n) is 10.1. The average molecular weight is 377 g/mol. The lowest BCUT2D eigenvalue weighted by Crippen LogP contribution is -2.33. The number of nitrogens with zero attached hydrogens (tertiary/aromatic N) is 3. The Hall–Kier alpha value is -2.89. The highest BCUT2D eigenvalue weighted by Crippen LogP contribution is 2.34. The molecular weight excluding hydrogens is 350 g/mol. The van der Waals surface area contributed by atoms with E-state index in [2.05, 4.69) is 20.6 Å². The highest BCUT2D eigenvalue weighted by molar-refractivity contribution is 5.94.